The number of rotatable bonds is 2. The van der Waals surface area contributed by atoms with Gasteiger partial charge in [-0.3, -0.25) is 4.98 Å². The third-order valence-corrected chi connectivity index (χ3v) is 2.49. The first-order valence-corrected chi connectivity index (χ1v) is 5.40. The highest BCUT2D eigenvalue weighted by Gasteiger charge is 1.99. The maximum absolute atomic E-state index is 5.70. The molecule has 0 bridgehead atoms. The third kappa shape index (κ3) is 2.11. The van der Waals surface area contributed by atoms with Crippen molar-refractivity contribution in [1.82, 2.24) is 4.98 Å². The minimum absolute atomic E-state index is 0.745. The normalized spacial score (nSPS) is 10.4. The molecule has 2 nitrogen and oxygen atoms in total. The highest BCUT2D eigenvalue weighted by molar-refractivity contribution is 5.79. The van der Waals surface area contributed by atoms with Crippen molar-refractivity contribution in [3.63, 3.8) is 0 Å². The van der Waals surface area contributed by atoms with Crippen molar-refractivity contribution in [2.75, 3.05) is 0 Å². The highest BCUT2D eigenvalue weighted by atomic mass is 16.5. The topological polar surface area (TPSA) is 22.1 Å². The van der Waals surface area contributed by atoms with Gasteiger partial charge in [0, 0.05) is 5.39 Å². The number of hydrogen-bond donors (Lipinski definition) is 0. The van der Waals surface area contributed by atoms with E-state index in [1.54, 1.807) is 6.20 Å². The SMILES string of the molecule is [c]1ccc(Oc2cnc3ccccc3c2)cc1. The van der Waals surface area contributed by atoms with Gasteiger partial charge in [0.15, 0.2) is 0 Å². The minimum Gasteiger partial charge on any atom is -0.456 e. The van der Waals surface area contributed by atoms with E-state index in [2.05, 4.69) is 11.1 Å². The van der Waals surface area contributed by atoms with Gasteiger partial charge in [0.25, 0.3) is 0 Å². The van der Waals surface area contributed by atoms with Crippen LogP contribution in [0.25, 0.3) is 10.9 Å². The van der Waals surface area contributed by atoms with Crippen LogP contribution in [0.3, 0.4) is 0 Å². The Morgan fingerprint density at radius 1 is 0.941 bits per heavy atom. The Labute approximate surface area is 99.5 Å². The van der Waals surface area contributed by atoms with Crippen molar-refractivity contribution in [3.8, 4) is 11.5 Å². The number of fused-ring (bicyclic) bond motifs is 1. The first-order chi connectivity index (χ1) is 8.42. The number of para-hydroxylation sites is 1. The molecule has 1 radical (unpaired) electrons. The summed E-state index contributed by atoms with van der Waals surface area (Å²) in [6.07, 6.45) is 1.74. The third-order valence-electron chi connectivity index (χ3n) is 2.49. The van der Waals surface area contributed by atoms with E-state index in [-0.39, 0.29) is 0 Å². The smallest absolute Gasteiger partial charge is 0.146 e. The lowest BCUT2D eigenvalue weighted by Crippen LogP contribution is -1.85. The van der Waals surface area contributed by atoms with E-state index in [1.165, 1.54) is 0 Å². The zero-order valence-corrected chi connectivity index (χ0v) is 9.13. The van der Waals surface area contributed by atoms with E-state index < -0.39 is 0 Å². The van der Waals surface area contributed by atoms with Gasteiger partial charge in [-0.25, -0.2) is 0 Å². The van der Waals surface area contributed by atoms with Crippen molar-refractivity contribution in [1.29, 1.82) is 0 Å². The lowest BCUT2D eigenvalue weighted by atomic mass is 10.2. The summed E-state index contributed by atoms with van der Waals surface area (Å²) in [6, 6.07) is 20.3. The molecule has 2 heteroatoms. The fraction of sp³-hybridized carbons (Fsp3) is 0. The van der Waals surface area contributed by atoms with E-state index in [0.717, 1.165) is 22.4 Å². The quantitative estimate of drug-likeness (QED) is 0.654. The summed E-state index contributed by atoms with van der Waals surface area (Å²) in [6.45, 7) is 0. The second-order valence-corrected chi connectivity index (χ2v) is 3.70. The van der Waals surface area contributed by atoms with E-state index in [0.29, 0.717) is 0 Å². The van der Waals surface area contributed by atoms with E-state index >= 15 is 0 Å². The van der Waals surface area contributed by atoms with Crippen LogP contribution in [0.5, 0.6) is 11.5 Å². The predicted octanol–water partition coefficient (Wildman–Crippen LogP) is 3.83. The molecule has 0 fully saturated rings. The fourth-order valence-corrected chi connectivity index (χ4v) is 1.68. The van der Waals surface area contributed by atoms with Crippen LogP contribution >= 0.6 is 0 Å². The van der Waals surface area contributed by atoms with Gasteiger partial charge in [0.1, 0.15) is 11.5 Å². The Morgan fingerprint density at radius 3 is 2.65 bits per heavy atom. The van der Waals surface area contributed by atoms with Crippen molar-refractivity contribution >= 4 is 10.9 Å². The van der Waals surface area contributed by atoms with Crippen LogP contribution in [0.1, 0.15) is 0 Å². The number of hydrogen-bond acceptors (Lipinski definition) is 2. The summed E-state index contributed by atoms with van der Waals surface area (Å²) in [7, 11) is 0. The van der Waals surface area contributed by atoms with Crippen molar-refractivity contribution in [2.24, 2.45) is 0 Å². The van der Waals surface area contributed by atoms with Gasteiger partial charge in [0.05, 0.1) is 11.7 Å². The molecular formula is C15H10NO. The lowest BCUT2D eigenvalue weighted by molar-refractivity contribution is 0.481. The number of pyridine rings is 1. The Kier molecular flexibility index (Phi) is 2.47. The first kappa shape index (κ1) is 9.85. The molecule has 0 N–H and O–H groups in total. The number of ether oxygens (including phenoxy) is 1. The number of benzene rings is 2. The van der Waals surface area contributed by atoms with Gasteiger partial charge < -0.3 is 4.74 Å². The molecule has 0 aliphatic rings. The summed E-state index contributed by atoms with van der Waals surface area (Å²) >= 11 is 0. The first-order valence-electron chi connectivity index (χ1n) is 5.40. The molecule has 3 rings (SSSR count). The summed E-state index contributed by atoms with van der Waals surface area (Å²) in [5.41, 5.74) is 0.973. The Balaban J connectivity index is 1.96. The van der Waals surface area contributed by atoms with Gasteiger partial charge >= 0.3 is 0 Å². The average Bonchev–Trinajstić information content (AvgIpc) is 2.40. The zero-order valence-electron chi connectivity index (χ0n) is 9.13. The van der Waals surface area contributed by atoms with E-state index in [4.69, 9.17) is 4.74 Å². The Morgan fingerprint density at radius 2 is 1.76 bits per heavy atom. The van der Waals surface area contributed by atoms with Crippen molar-refractivity contribution < 1.29 is 4.74 Å². The van der Waals surface area contributed by atoms with Gasteiger partial charge in [-0.2, -0.15) is 0 Å². The summed E-state index contributed by atoms with van der Waals surface area (Å²) in [5.74, 6) is 1.54. The fourth-order valence-electron chi connectivity index (χ4n) is 1.68. The number of nitrogens with zero attached hydrogens (tertiary/aromatic N) is 1. The molecule has 1 aromatic heterocycles. The van der Waals surface area contributed by atoms with Crippen LogP contribution in [-0.2, 0) is 0 Å². The van der Waals surface area contributed by atoms with Crippen LogP contribution in [0.4, 0.5) is 0 Å². The molecule has 0 atom stereocenters. The van der Waals surface area contributed by atoms with E-state index in [1.807, 2.05) is 54.6 Å². The predicted molar refractivity (Wildman–Crippen MR) is 67.1 cm³/mol. The molecule has 0 aliphatic heterocycles. The molecule has 3 aromatic rings. The van der Waals surface area contributed by atoms with Crippen molar-refractivity contribution in [3.05, 3.63) is 66.9 Å². The second-order valence-electron chi connectivity index (χ2n) is 3.70. The molecule has 0 saturated carbocycles. The van der Waals surface area contributed by atoms with Crippen LogP contribution in [0.15, 0.2) is 60.8 Å². The summed E-state index contributed by atoms with van der Waals surface area (Å²) < 4.78 is 5.70. The van der Waals surface area contributed by atoms with Crippen LogP contribution in [0, 0.1) is 6.07 Å². The molecule has 0 spiro atoms. The van der Waals surface area contributed by atoms with Gasteiger partial charge in [0.2, 0.25) is 0 Å². The van der Waals surface area contributed by atoms with Crippen LogP contribution in [0.2, 0.25) is 0 Å². The highest BCUT2D eigenvalue weighted by Crippen LogP contribution is 2.23. The molecule has 17 heavy (non-hydrogen) atoms. The number of aromatic nitrogens is 1. The molecule has 2 aromatic carbocycles. The Hall–Kier alpha value is -2.35. The lowest BCUT2D eigenvalue weighted by Gasteiger charge is -2.05. The molecule has 0 aliphatic carbocycles. The molecule has 1 heterocycles. The summed E-state index contributed by atoms with van der Waals surface area (Å²) in [5, 5.41) is 1.08. The average molecular weight is 220 g/mol. The molecule has 0 unspecified atom stereocenters. The largest absolute Gasteiger partial charge is 0.456 e. The molecule has 0 amide bonds. The van der Waals surface area contributed by atoms with Gasteiger partial charge in [-0.1, -0.05) is 30.3 Å². The molecule has 0 saturated heterocycles. The second kappa shape index (κ2) is 4.26. The summed E-state index contributed by atoms with van der Waals surface area (Å²) in [4.78, 5) is 4.34. The van der Waals surface area contributed by atoms with Gasteiger partial charge in [-0.05, 0) is 30.3 Å². The zero-order chi connectivity index (χ0) is 11.5. The Bertz CT molecular complexity index is 635. The van der Waals surface area contributed by atoms with E-state index in [9.17, 15) is 0 Å². The maximum atomic E-state index is 5.70. The van der Waals surface area contributed by atoms with Crippen molar-refractivity contribution in [2.45, 2.75) is 0 Å². The standard InChI is InChI=1S/C15H10NO/c1-2-7-13(8-3-1)17-14-10-12-6-4-5-9-15(12)16-11-14/h2-11H. The minimum atomic E-state index is 0.745. The molecular weight excluding hydrogens is 210 g/mol. The van der Waals surface area contributed by atoms with Crippen LogP contribution < -0.4 is 4.74 Å². The van der Waals surface area contributed by atoms with Crippen LogP contribution in [-0.4, -0.2) is 4.98 Å². The molecule has 81 valence electrons. The maximum Gasteiger partial charge on any atom is 0.146 e. The monoisotopic (exact) mass is 220 g/mol. The van der Waals surface area contributed by atoms with Gasteiger partial charge in [-0.15, -0.1) is 0 Å².